The Balaban J connectivity index is 2.19. The van der Waals surface area contributed by atoms with E-state index in [0.29, 0.717) is 12.5 Å². The van der Waals surface area contributed by atoms with Gasteiger partial charge in [-0.05, 0) is 35.8 Å². The molecule has 1 aliphatic heterocycles. The van der Waals surface area contributed by atoms with Gasteiger partial charge >= 0.3 is 0 Å². The molecule has 0 saturated carbocycles. The highest BCUT2D eigenvalue weighted by Gasteiger charge is 2.26. The number of rotatable bonds is 3. The zero-order valence-corrected chi connectivity index (χ0v) is 11.8. The van der Waals surface area contributed by atoms with Crippen molar-refractivity contribution in [2.75, 3.05) is 24.6 Å². The highest BCUT2D eigenvalue weighted by atomic mass is 16.3. The molecule has 0 spiro atoms. The van der Waals surface area contributed by atoms with Crippen molar-refractivity contribution in [2.24, 2.45) is 5.92 Å². The second-order valence-electron chi connectivity index (χ2n) is 6.38. The van der Waals surface area contributed by atoms with Crippen molar-refractivity contribution in [3.05, 3.63) is 29.8 Å². The molecule has 100 valence electrons. The Morgan fingerprint density at radius 2 is 2.00 bits per heavy atom. The fraction of sp³-hybridized carbons (Fsp3) is 0.625. The van der Waals surface area contributed by atoms with Crippen molar-refractivity contribution in [1.29, 1.82) is 0 Å². The van der Waals surface area contributed by atoms with Gasteiger partial charge in [0.1, 0.15) is 0 Å². The van der Waals surface area contributed by atoms with Gasteiger partial charge < -0.3 is 10.0 Å². The van der Waals surface area contributed by atoms with Gasteiger partial charge in [0.05, 0.1) is 0 Å². The van der Waals surface area contributed by atoms with E-state index in [1.807, 2.05) is 0 Å². The van der Waals surface area contributed by atoms with Crippen LogP contribution >= 0.6 is 0 Å². The molecule has 0 aliphatic carbocycles. The largest absolute Gasteiger partial charge is 0.396 e. The summed E-state index contributed by atoms with van der Waals surface area (Å²) in [5.41, 5.74) is 2.99. The first-order valence-electron chi connectivity index (χ1n) is 6.97. The van der Waals surface area contributed by atoms with Crippen molar-refractivity contribution < 1.29 is 5.11 Å². The molecule has 1 saturated heterocycles. The number of anilines is 1. The molecule has 1 fully saturated rings. The van der Waals surface area contributed by atoms with Gasteiger partial charge in [-0.15, -0.1) is 0 Å². The third-order valence-electron chi connectivity index (χ3n) is 3.88. The van der Waals surface area contributed by atoms with Crippen LogP contribution in [0.5, 0.6) is 0 Å². The van der Waals surface area contributed by atoms with Gasteiger partial charge in [-0.3, -0.25) is 0 Å². The average molecular weight is 247 g/mol. The molecule has 2 nitrogen and oxygen atoms in total. The first-order chi connectivity index (χ1) is 8.52. The number of aliphatic hydroxyl groups excluding tert-OH is 1. The highest BCUT2D eigenvalue weighted by molar-refractivity contribution is 5.57. The van der Waals surface area contributed by atoms with Crippen LogP contribution in [0.25, 0.3) is 0 Å². The molecular weight excluding hydrogens is 222 g/mol. The van der Waals surface area contributed by atoms with Crippen LogP contribution in [0.1, 0.15) is 39.2 Å². The van der Waals surface area contributed by atoms with E-state index in [1.165, 1.54) is 17.7 Å². The molecule has 1 N–H and O–H groups in total. The Labute approximate surface area is 111 Å². The molecule has 1 aliphatic rings. The van der Waals surface area contributed by atoms with Crippen LogP contribution in [-0.4, -0.2) is 24.8 Å². The van der Waals surface area contributed by atoms with E-state index in [4.69, 9.17) is 5.11 Å². The normalized spacial score (nSPS) is 20.4. The number of para-hydroxylation sites is 1. The fourth-order valence-electron chi connectivity index (χ4n) is 2.85. The summed E-state index contributed by atoms with van der Waals surface area (Å²) in [6.45, 7) is 9.35. The van der Waals surface area contributed by atoms with Crippen LogP contribution < -0.4 is 4.90 Å². The molecule has 18 heavy (non-hydrogen) atoms. The molecule has 1 atom stereocenters. The van der Waals surface area contributed by atoms with E-state index in [1.54, 1.807) is 0 Å². The minimum absolute atomic E-state index is 0.186. The molecule has 2 heteroatoms. The lowest BCUT2D eigenvalue weighted by atomic mass is 9.85. The van der Waals surface area contributed by atoms with E-state index in [0.717, 1.165) is 19.5 Å². The first-order valence-corrected chi connectivity index (χ1v) is 6.97. The Kier molecular flexibility index (Phi) is 3.96. The monoisotopic (exact) mass is 247 g/mol. The molecule has 1 heterocycles. The molecule has 1 aromatic carbocycles. The molecule has 1 aromatic rings. The van der Waals surface area contributed by atoms with Crippen molar-refractivity contribution in [1.82, 2.24) is 0 Å². The van der Waals surface area contributed by atoms with Crippen LogP contribution in [0.2, 0.25) is 0 Å². The minimum Gasteiger partial charge on any atom is -0.396 e. The van der Waals surface area contributed by atoms with Gasteiger partial charge in [0.15, 0.2) is 0 Å². The predicted octanol–water partition coefficient (Wildman–Crippen LogP) is 3.19. The SMILES string of the molecule is CC(C)(C)c1ccccc1N1CCC(CCO)C1. The quantitative estimate of drug-likeness (QED) is 0.886. The second-order valence-corrected chi connectivity index (χ2v) is 6.38. The number of benzene rings is 1. The van der Waals surface area contributed by atoms with E-state index in [-0.39, 0.29) is 5.41 Å². The van der Waals surface area contributed by atoms with Gasteiger partial charge in [0.25, 0.3) is 0 Å². The summed E-state index contributed by atoms with van der Waals surface area (Å²) in [7, 11) is 0. The van der Waals surface area contributed by atoms with Crippen molar-refractivity contribution in [2.45, 2.75) is 39.0 Å². The molecule has 0 amide bonds. The molecule has 0 radical (unpaired) electrons. The maximum atomic E-state index is 9.05. The van der Waals surface area contributed by atoms with Gasteiger partial charge in [-0.2, -0.15) is 0 Å². The van der Waals surface area contributed by atoms with Crippen LogP contribution in [-0.2, 0) is 5.41 Å². The standard InChI is InChI=1S/C16H25NO/c1-16(2,3)14-6-4-5-7-15(14)17-10-8-13(12-17)9-11-18/h4-7,13,18H,8-12H2,1-3H3. The lowest BCUT2D eigenvalue weighted by molar-refractivity contribution is 0.263. The number of aliphatic hydroxyl groups is 1. The Bertz CT molecular complexity index is 394. The maximum absolute atomic E-state index is 9.05. The van der Waals surface area contributed by atoms with Crippen molar-refractivity contribution >= 4 is 5.69 Å². The minimum atomic E-state index is 0.186. The number of hydrogen-bond acceptors (Lipinski definition) is 2. The summed E-state index contributed by atoms with van der Waals surface area (Å²) < 4.78 is 0. The maximum Gasteiger partial charge on any atom is 0.0434 e. The van der Waals surface area contributed by atoms with Crippen LogP contribution in [0.15, 0.2) is 24.3 Å². The van der Waals surface area contributed by atoms with Gasteiger partial charge in [-0.25, -0.2) is 0 Å². The summed E-state index contributed by atoms with van der Waals surface area (Å²) in [4.78, 5) is 2.49. The van der Waals surface area contributed by atoms with E-state index in [2.05, 4.69) is 49.9 Å². The summed E-state index contributed by atoms with van der Waals surface area (Å²) in [6.07, 6.45) is 2.15. The predicted molar refractivity (Wildman–Crippen MR) is 77.2 cm³/mol. The number of nitrogens with zero attached hydrogens (tertiary/aromatic N) is 1. The molecule has 2 rings (SSSR count). The second kappa shape index (κ2) is 5.31. The van der Waals surface area contributed by atoms with E-state index < -0.39 is 0 Å². The summed E-state index contributed by atoms with van der Waals surface area (Å²) in [5, 5.41) is 9.05. The van der Waals surface area contributed by atoms with Crippen LogP contribution in [0, 0.1) is 5.92 Å². The van der Waals surface area contributed by atoms with Crippen LogP contribution in [0.4, 0.5) is 5.69 Å². The van der Waals surface area contributed by atoms with Gasteiger partial charge in [0, 0.05) is 25.4 Å². The van der Waals surface area contributed by atoms with Gasteiger partial charge in [0.2, 0.25) is 0 Å². The number of hydrogen-bond donors (Lipinski definition) is 1. The van der Waals surface area contributed by atoms with E-state index in [9.17, 15) is 0 Å². The molecular formula is C16H25NO. The zero-order valence-electron chi connectivity index (χ0n) is 11.8. The Hall–Kier alpha value is -1.02. The Morgan fingerprint density at radius 1 is 1.28 bits per heavy atom. The summed E-state index contributed by atoms with van der Waals surface area (Å²) in [5.74, 6) is 0.656. The molecule has 1 unspecified atom stereocenters. The fourth-order valence-corrected chi connectivity index (χ4v) is 2.85. The third kappa shape index (κ3) is 2.86. The highest BCUT2D eigenvalue weighted by Crippen LogP contribution is 2.34. The topological polar surface area (TPSA) is 23.5 Å². The van der Waals surface area contributed by atoms with Gasteiger partial charge in [-0.1, -0.05) is 39.0 Å². The lowest BCUT2D eigenvalue weighted by Crippen LogP contribution is -2.24. The third-order valence-corrected chi connectivity index (χ3v) is 3.88. The zero-order chi connectivity index (χ0) is 13.2. The summed E-state index contributed by atoms with van der Waals surface area (Å²) in [6, 6.07) is 8.74. The average Bonchev–Trinajstić information content (AvgIpc) is 2.77. The Morgan fingerprint density at radius 3 is 2.67 bits per heavy atom. The first kappa shape index (κ1) is 13.4. The van der Waals surface area contributed by atoms with Crippen molar-refractivity contribution in [3.8, 4) is 0 Å². The smallest absolute Gasteiger partial charge is 0.0434 e. The van der Waals surface area contributed by atoms with Crippen LogP contribution in [0.3, 0.4) is 0 Å². The lowest BCUT2D eigenvalue weighted by Gasteiger charge is -2.28. The molecule has 0 aromatic heterocycles. The summed E-state index contributed by atoms with van der Waals surface area (Å²) >= 11 is 0. The van der Waals surface area contributed by atoms with Crippen molar-refractivity contribution in [3.63, 3.8) is 0 Å². The molecule has 0 bridgehead atoms. The van der Waals surface area contributed by atoms with E-state index >= 15 is 0 Å².